The Morgan fingerprint density at radius 3 is 2.43 bits per heavy atom. The predicted octanol–water partition coefficient (Wildman–Crippen LogP) is 4.74. The molecule has 3 heteroatoms. The van der Waals surface area contributed by atoms with Gasteiger partial charge in [-0.1, -0.05) is 40.2 Å². The lowest BCUT2D eigenvalue weighted by atomic mass is 9.99. The van der Waals surface area contributed by atoms with Crippen LogP contribution in [0.25, 0.3) is 0 Å². The fourth-order valence-electron chi connectivity index (χ4n) is 2.32. The summed E-state index contributed by atoms with van der Waals surface area (Å²) in [4.78, 5) is 0. The molecule has 0 heterocycles. The van der Waals surface area contributed by atoms with Crippen LogP contribution in [0.3, 0.4) is 0 Å². The fraction of sp³-hybridized carbons (Fsp3) is 0.333. The Labute approximate surface area is 135 Å². The van der Waals surface area contributed by atoms with Crippen molar-refractivity contribution in [3.05, 3.63) is 64.1 Å². The number of nitrogens with one attached hydrogen (secondary N) is 1. The molecule has 2 aromatic carbocycles. The molecule has 2 nitrogen and oxygen atoms in total. The minimum Gasteiger partial charge on any atom is -0.491 e. The van der Waals surface area contributed by atoms with E-state index in [1.54, 1.807) is 0 Å². The normalized spacial score (nSPS) is 12.4. The van der Waals surface area contributed by atoms with Crippen molar-refractivity contribution >= 4 is 15.9 Å². The monoisotopic (exact) mass is 347 g/mol. The van der Waals surface area contributed by atoms with Crippen molar-refractivity contribution in [1.29, 1.82) is 0 Å². The average molecular weight is 348 g/mol. The van der Waals surface area contributed by atoms with Crippen molar-refractivity contribution in [2.75, 3.05) is 7.05 Å². The van der Waals surface area contributed by atoms with Gasteiger partial charge in [-0.15, -0.1) is 0 Å². The number of ether oxygens (including phenoxy) is 1. The van der Waals surface area contributed by atoms with Crippen molar-refractivity contribution < 1.29 is 4.74 Å². The maximum atomic E-state index is 5.78. The molecule has 0 bridgehead atoms. The first kappa shape index (κ1) is 16.1. The van der Waals surface area contributed by atoms with Gasteiger partial charge in [-0.2, -0.15) is 0 Å². The van der Waals surface area contributed by atoms with Crippen molar-refractivity contribution in [1.82, 2.24) is 5.32 Å². The molecule has 112 valence electrons. The van der Waals surface area contributed by atoms with Gasteiger partial charge in [-0.3, -0.25) is 0 Å². The Balaban J connectivity index is 2.15. The molecule has 0 aliphatic rings. The summed E-state index contributed by atoms with van der Waals surface area (Å²) in [5, 5.41) is 3.39. The molecule has 1 N–H and O–H groups in total. The van der Waals surface area contributed by atoms with Crippen LogP contribution in [0.1, 0.15) is 31.0 Å². The molecule has 2 aromatic rings. The molecule has 0 aliphatic heterocycles. The van der Waals surface area contributed by atoms with Crippen molar-refractivity contribution in [3.63, 3.8) is 0 Å². The maximum Gasteiger partial charge on any atom is 0.120 e. The highest BCUT2D eigenvalue weighted by molar-refractivity contribution is 9.10. The van der Waals surface area contributed by atoms with E-state index in [1.165, 1.54) is 11.1 Å². The second-order valence-electron chi connectivity index (χ2n) is 5.41. The third-order valence-electron chi connectivity index (χ3n) is 3.33. The molecule has 0 spiro atoms. The van der Waals surface area contributed by atoms with Crippen LogP contribution in [0.4, 0.5) is 0 Å². The molecular formula is C18H22BrNO. The van der Waals surface area contributed by atoms with E-state index in [2.05, 4.69) is 63.7 Å². The Bertz CT molecular complexity index is 566. The average Bonchev–Trinajstić information content (AvgIpc) is 2.46. The number of halogens is 1. The Morgan fingerprint density at radius 2 is 1.81 bits per heavy atom. The maximum absolute atomic E-state index is 5.78. The number of benzene rings is 2. The topological polar surface area (TPSA) is 21.3 Å². The van der Waals surface area contributed by atoms with Gasteiger partial charge in [0, 0.05) is 10.5 Å². The third kappa shape index (κ3) is 4.87. The number of hydrogen-bond acceptors (Lipinski definition) is 2. The van der Waals surface area contributed by atoms with Gasteiger partial charge >= 0.3 is 0 Å². The SMILES string of the molecule is CNC(Cc1ccc(Br)cc1)c1cccc(OC(C)C)c1. The van der Waals surface area contributed by atoms with Crippen LogP contribution >= 0.6 is 15.9 Å². The van der Waals surface area contributed by atoms with Gasteiger partial charge in [0.15, 0.2) is 0 Å². The van der Waals surface area contributed by atoms with E-state index in [9.17, 15) is 0 Å². The van der Waals surface area contributed by atoms with Gasteiger partial charge in [0.1, 0.15) is 5.75 Å². The van der Waals surface area contributed by atoms with Gasteiger partial charge < -0.3 is 10.1 Å². The fourth-order valence-corrected chi connectivity index (χ4v) is 2.58. The largest absolute Gasteiger partial charge is 0.491 e. The molecule has 1 atom stereocenters. The van der Waals surface area contributed by atoms with Crippen molar-refractivity contribution in [3.8, 4) is 5.75 Å². The number of hydrogen-bond donors (Lipinski definition) is 1. The zero-order valence-electron chi connectivity index (χ0n) is 12.8. The van der Waals surface area contributed by atoms with Gasteiger partial charge in [-0.25, -0.2) is 0 Å². The highest BCUT2D eigenvalue weighted by atomic mass is 79.9. The molecule has 2 rings (SSSR count). The first-order chi connectivity index (χ1) is 10.1. The lowest BCUT2D eigenvalue weighted by Crippen LogP contribution is -2.19. The lowest BCUT2D eigenvalue weighted by molar-refractivity contribution is 0.242. The molecule has 0 radical (unpaired) electrons. The van der Waals surface area contributed by atoms with Crippen LogP contribution in [-0.4, -0.2) is 13.2 Å². The second-order valence-corrected chi connectivity index (χ2v) is 6.33. The first-order valence-electron chi connectivity index (χ1n) is 7.27. The van der Waals surface area contributed by atoms with Crippen LogP contribution in [-0.2, 0) is 6.42 Å². The van der Waals surface area contributed by atoms with Crippen LogP contribution in [0.2, 0.25) is 0 Å². The number of likely N-dealkylation sites (N-methyl/N-ethyl adjacent to an activating group) is 1. The summed E-state index contributed by atoms with van der Waals surface area (Å²) >= 11 is 3.47. The van der Waals surface area contributed by atoms with Gasteiger partial charge in [0.05, 0.1) is 6.10 Å². The molecule has 21 heavy (non-hydrogen) atoms. The van der Waals surface area contributed by atoms with E-state index in [0.717, 1.165) is 16.6 Å². The van der Waals surface area contributed by atoms with Gasteiger partial charge in [0.25, 0.3) is 0 Å². The van der Waals surface area contributed by atoms with Crippen molar-refractivity contribution in [2.45, 2.75) is 32.4 Å². The summed E-state index contributed by atoms with van der Waals surface area (Å²) in [5.74, 6) is 0.929. The summed E-state index contributed by atoms with van der Waals surface area (Å²) in [6.45, 7) is 4.09. The number of rotatable bonds is 6. The third-order valence-corrected chi connectivity index (χ3v) is 3.86. The minimum atomic E-state index is 0.194. The Hall–Kier alpha value is -1.32. The smallest absolute Gasteiger partial charge is 0.120 e. The van der Waals surface area contributed by atoms with Crippen molar-refractivity contribution in [2.24, 2.45) is 0 Å². The Morgan fingerprint density at radius 1 is 1.10 bits per heavy atom. The van der Waals surface area contributed by atoms with Gasteiger partial charge in [0.2, 0.25) is 0 Å². The highest BCUT2D eigenvalue weighted by Gasteiger charge is 2.11. The summed E-state index contributed by atoms with van der Waals surface area (Å²) in [5.41, 5.74) is 2.56. The quantitative estimate of drug-likeness (QED) is 0.814. The minimum absolute atomic E-state index is 0.194. The summed E-state index contributed by atoms with van der Waals surface area (Å²) in [6, 6.07) is 17.1. The van der Waals surface area contributed by atoms with E-state index < -0.39 is 0 Å². The van der Waals surface area contributed by atoms with E-state index >= 15 is 0 Å². The predicted molar refractivity (Wildman–Crippen MR) is 91.9 cm³/mol. The molecular weight excluding hydrogens is 326 g/mol. The van der Waals surface area contributed by atoms with Gasteiger partial charge in [-0.05, 0) is 62.7 Å². The van der Waals surface area contributed by atoms with E-state index in [-0.39, 0.29) is 12.1 Å². The zero-order valence-corrected chi connectivity index (χ0v) is 14.4. The van der Waals surface area contributed by atoms with Crippen LogP contribution < -0.4 is 10.1 Å². The molecule has 0 amide bonds. The lowest BCUT2D eigenvalue weighted by Gasteiger charge is -2.18. The Kier molecular flexibility index (Phi) is 5.83. The first-order valence-corrected chi connectivity index (χ1v) is 8.06. The standard InChI is InChI=1S/C18H22BrNO/c1-13(2)21-17-6-4-5-15(12-17)18(20-3)11-14-7-9-16(19)10-8-14/h4-10,12-13,18,20H,11H2,1-3H3. The molecule has 0 saturated heterocycles. The highest BCUT2D eigenvalue weighted by Crippen LogP contribution is 2.23. The summed E-state index contributed by atoms with van der Waals surface area (Å²) in [6.07, 6.45) is 1.15. The second kappa shape index (κ2) is 7.62. The van der Waals surface area contributed by atoms with Crippen LogP contribution in [0.5, 0.6) is 5.75 Å². The molecule has 0 aromatic heterocycles. The summed E-state index contributed by atoms with van der Waals surface area (Å²) < 4.78 is 6.89. The van der Waals surface area contributed by atoms with E-state index in [0.29, 0.717) is 0 Å². The molecule has 0 aliphatic carbocycles. The van der Waals surface area contributed by atoms with Crippen LogP contribution in [0, 0.1) is 0 Å². The molecule has 0 saturated carbocycles. The molecule has 1 unspecified atom stereocenters. The van der Waals surface area contributed by atoms with E-state index in [4.69, 9.17) is 4.74 Å². The van der Waals surface area contributed by atoms with E-state index in [1.807, 2.05) is 27.0 Å². The summed E-state index contributed by atoms with van der Waals surface area (Å²) in [7, 11) is 2.00. The molecule has 0 fully saturated rings. The van der Waals surface area contributed by atoms with Crippen LogP contribution in [0.15, 0.2) is 53.0 Å². The zero-order chi connectivity index (χ0) is 15.2.